The van der Waals surface area contributed by atoms with Gasteiger partial charge in [0.2, 0.25) is 0 Å². The van der Waals surface area contributed by atoms with Crippen LogP contribution in [0.3, 0.4) is 0 Å². The van der Waals surface area contributed by atoms with E-state index in [4.69, 9.17) is 23.4 Å². The maximum atomic E-state index is 13.9. The van der Waals surface area contributed by atoms with Crippen LogP contribution >= 0.6 is 11.8 Å². The summed E-state index contributed by atoms with van der Waals surface area (Å²) in [5, 5.41) is -0.299. The third-order valence-electron chi connectivity index (χ3n) is 9.31. The average Bonchev–Trinajstić information content (AvgIpc) is 3.15. The second-order valence-corrected chi connectivity index (χ2v) is 23.8. The van der Waals surface area contributed by atoms with Gasteiger partial charge in [0.05, 0.1) is 22.9 Å². The first-order valence-electron chi connectivity index (χ1n) is 18.2. The summed E-state index contributed by atoms with van der Waals surface area (Å²) in [5.74, 6) is -2.18. The van der Waals surface area contributed by atoms with Crippen LogP contribution in [-0.2, 0) is 34.7 Å². The number of esters is 3. The average molecular weight is 808 g/mol. The van der Waals surface area contributed by atoms with Gasteiger partial charge in [0.25, 0.3) is 0 Å². The molecule has 7 atom stereocenters. The van der Waals surface area contributed by atoms with Crippen LogP contribution in [0.4, 0.5) is 0 Å². The monoisotopic (exact) mass is 807 g/mol. The molecule has 0 saturated carbocycles. The van der Waals surface area contributed by atoms with Gasteiger partial charge in [-0.25, -0.2) is 14.4 Å². The van der Waals surface area contributed by atoms with Gasteiger partial charge < -0.3 is 27.9 Å². The summed E-state index contributed by atoms with van der Waals surface area (Å²) in [6.07, 6.45) is -1.70. The van der Waals surface area contributed by atoms with Crippen molar-refractivity contribution in [1.29, 1.82) is 0 Å². The van der Waals surface area contributed by atoms with E-state index >= 15 is 0 Å². The van der Waals surface area contributed by atoms with Gasteiger partial charge in [-0.1, -0.05) is 85.8 Å². The molecule has 1 fully saturated rings. The second kappa shape index (κ2) is 19.4. The molecule has 0 aromatic heterocycles. The topological polar surface area (TPSA) is 133 Å². The summed E-state index contributed by atoms with van der Waals surface area (Å²) < 4.78 is 48.8. The van der Waals surface area contributed by atoms with E-state index in [1.165, 1.54) is 18.0 Å². The standard InChI is InChI=1S/C42H53NO9S2Si/c1-10-20-32(28-48-55(8,9)42(5,6)7)53-40-36(52-39(46)31-25-18-13-19-26-31)35(51-38(45)30-23-16-12-17-24-30)34(50-37(44)29-21-14-11-15-22-29)33(49-40)27-43-54(47)41(2,3)4/h10-19,21-27,32-36,40H,1,20,28H2,2-9H3/b43-27+/t32?,33?,34?,35?,36?,40?,54-/m1/s1. The van der Waals surface area contributed by atoms with E-state index in [-0.39, 0.29) is 27.0 Å². The van der Waals surface area contributed by atoms with E-state index in [9.17, 15) is 18.9 Å². The molecule has 3 aromatic carbocycles. The predicted molar refractivity (Wildman–Crippen MR) is 221 cm³/mol. The Balaban J connectivity index is 1.86. The number of thioether (sulfide) groups is 1. The van der Waals surface area contributed by atoms with Crippen molar-refractivity contribution < 1.29 is 42.3 Å². The third kappa shape index (κ3) is 12.4. The summed E-state index contributed by atoms with van der Waals surface area (Å²) in [6.45, 7) is 20.4. The fourth-order valence-corrected chi connectivity index (χ4v) is 8.14. The molecule has 13 heteroatoms. The van der Waals surface area contributed by atoms with Crippen molar-refractivity contribution in [2.24, 2.45) is 4.40 Å². The molecule has 10 nitrogen and oxygen atoms in total. The van der Waals surface area contributed by atoms with Crippen molar-refractivity contribution in [3.05, 3.63) is 120 Å². The number of nitrogens with zero attached hydrogens (tertiary/aromatic N) is 1. The van der Waals surface area contributed by atoms with E-state index in [1.807, 2.05) is 0 Å². The molecule has 1 aliphatic rings. The Hall–Kier alpha value is -3.72. The van der Waals surface area contributed by atoms with Gasteiger partial charge in [-0.3, -0.25) is 0 Å². The van der Waals surface area contributed by atoms with Crippen molar-refractivity contribution >= 4 is 55.6 Å². The Labute approximate surface area is 333 Å². The Morgan fingerprint density at radius 2 is 1.24 bits per heavy atom. The number of carbonyl (C=O) groups excluding carboxylic acids is 3. The summed E-state index contributed by atoms with van der Waals surface area (Å²) >= 11 is -0.392. The summed E-state index contributed by atoms with van der Waals surface area (Å²) in [4.78, 5) is 41.5. The van der Waals surface area contributed by atoms with Crippen LogP contribution < -0.4 is 0 Å². The maximum Gasteiger partial charge on any atom is 0.338 e. The highest BCUT2D eigenvalue weighted by atomic mass is 32.2. The molecule has 0 aliphatic carbocycles. The fraction of sp³-hybridized carbons (Fsp3) is 0.429. The van der Waals surface area contributed by atoms with Crippen molar-refractivity contribution in [1.82, 2.24) is 0 Å². The Morgan fingerprint density at radius 1 is 0.800 bits per heavy atom. The quantitative estimate of drug-likeness (QED) is 0.0367. The molecule has 0 bridgehead atoms. The summed E-state index contributed by atoms with van der Waals surface area (Å²) in [7, 11) is -2.20. The van der Waals surface area contributed by atoms with Crippen LogP contribution in [0.15, 0.2) is 108 Å². The van der Waals surface area contributed by atoms with Gasteiger partial charge in [-0.2, -0.15) is 0 Å². The zero-order chi connectivity index (χ0) is 40.4. The number of hydrogen-bond acceptors (Lipinski definition) is 11. The van der Waals surface area contributed by atoms with Gasteiger partial charge in [-0.15, -0.1) is 18.3 Å². The lowest BCUT2D eigenvalue weighted by molar-refractivity contribution is -0.181. The van der Waals surface area contributed by atoms with Crippen LogP contribution in [-0.4, -0.2) is 83.4 Å². The predicted octanol–water partition coefficient (Wildman–Crippen LogP) is 8.62. The highest BCUT2D eigenvalue weighted by Gasteiger charge is 2.53. The van der Waals surface area contributed by atoms with Gasteiger partial charge in [0, 0.05) is 11.9 Å². The van der Waals surface area contributed by atoms with Gasteiger partial charge in [0.15, 0.2) is 26.6 Å². The molecule has 0 amide bonds. The molecule has 1 saturated heterocycles. The SMILES string of the molecule is C=CCC(CO[Si](C)(C)C(C)(C)C)SC1OC(/C=N/[S@+]([O-])C(C)(C)C)C(OC(=O)c2ccccc2)C(OC(=O)c2ccccc2)C1OC(=O)c1ccccc1. The molecule has 3 aromatic rings. The molecule has 296 valence electrons. The molecule has 0 radical (unpaired) electrons. The van der Waals surface area contributed by atoms with Crippen LogP contribution in [0.1, 0.15) is 79.0 Å². The second-order valence-electron chi connectivity index (χ2n) is 15.6. The lowest BCUT2D eigenvalue weighted by Crippen LogP contribution is -2.61. The summed E-state index contributed by atoms with van der Waals surface area (Å²) in [6, 6.07) is 25.0. The van der Waals surface area contributed by atoms with Gasteiger partial charge in [-0.05, 0) is 81.7 Å². The van der Waals surface area contributed by atoms with Crippen LogP contribution in [0.25, 0.3) is 0 Å². The molecule has 1 aliphatic heterocycles. The molecule has 0 N–H and O–H groups in total. The van der Waals surface area contributed by atoms with Gasteiger partial charge in [0.1, 0.15) is 27.6 Å². The molecule has 4 rings (SSSR count). The Bertz CT molecular complexity index is 1750. The number of hydrogen-bond donors (Lipinski definition) is 0. The van der Waals surface area contributed by atoms with Gasteiger partial charge >= 0.3 is 17.9 Å². The Morgan fingerprint density at radius 3 is 1.65 bits per heavy atom. The van der Waals surface area contributed by atoms with Crippen molar-refractivity contribution in [2.45, 2.75) is 106 Å². The molecule has 55 heavy (non-hydrogen) atoms. The molecule has 0 spiro atoms. The molecular formula is C42H53NO9S2Si. The fourth-order valence-electron chi connectivity index (χ4n) is 5.09. The summed E-state index contributed by atoms with van der Waals surface area (Å²) in [5.41, 5.74) is -0.302. The Kier molecular flexibility index (Phi) is 15.5. The smallest absolute Gasteiger partial charge is 0.338 e. The number of rotatable bonds is 15. The first-order valence-corrected chi connectivity index (χ1v) is 23.2. The van der Waals surface area contributed by atoms with E-state index in [1.54, 1.807) is 118 Å². The van der Waals surface area contributed by atoms with E-state index < -0.39 is 72.2 Å². The number of benzene rings is 3. The van der Waals surface area contributed by atoms with Crippen LogP contribution in [0.5, 0.6) is 0 Å². The van der Waals surface area contributed by atoms with E-state index in [0.717, 1.165) is 0 Å². The minimum Gasteiger partial charge on any atom is -0.591 e. The number of carbonyl (C=O) groups is 3. The zero-order valence-electron chi connectivity index (χ0n) is 32.8. The molecule has 6 unspecified atom stereocenters. The maximum absolute atomic E-state index is 13.9. The zero-order valence-corrected chi connectivity index (χ0v) is 35.5. The highest BCUT2D eigenvalue weighted by Crippen LogP contribution is 2.40. The van der Waals surface area contributed by atoms with E-state index in [2.05, 4.69) is 44.8 Å². The van der Waals surface area contributed by atoms with Crippen molar-refractivity contribution in [3.63, 3.8) is 0 Å². The highest BCUT2D eigenvalue weighted by molar-refractivity contribution is 8.00. The number of allylic oxidation sites excluding steroid dienone is 1. The minimum atomic E-state index is -2.20. The van der Waals surface area contributed by atoms with Crippen LogP contribution in [0.2, 0.25) is 18.1 Å². The minimum absolute atomic E-state index is 0.0532. The normalized spacial score (nSPS) is 21.7. The first-order chi connectivity index (χ1) is 25.9. The third-order valence-corrected chi connectivity index (χ3v) is 16.5. The lowest BCUT2D eigenvalue weighted by Gasteiger charge is -2.44. The van der Waals surface area contributed by atoms with Crippen molar-refractivity contribution in [2.75, 3.05) is 6.61 Å². The largest absolute Gasteiger partial charge is 0.591 e. The molecule has 1 heterocycles. The first kappa shape index (κ1) is 44.0. The lowest BCUT2D eigenvalue weighted by atomic mass is 9.99. The van der Waals surface area contributed by atoms with Crippen LogP contribution in [0, 0.1) is 0 Å². The molecular weight excluding hydrogens is 755 g/mol. The number of ether oxygens (including phenoxy) is 4. The van der Waals surface area contributed by atoms with E-state index in [0.29, 0.717) is 13.0 Å². The van der Waals surface area contributed by atoms with Crippen molar-refractivity contribution in [3.8, 4) is 0 Å².